The first kappa shape index (κ1) is 32.7. The SMILES string of the molecule is CC(=O)C(N=Nc1ccc(-c2nc3cc(-c4nc5cc(C)ccc5s4)ccc3s2)cc1S(=O)(=O)[O-])C(=O)Nc1ccccc1.[Na+]. The number of aromatic nitrogens is 2. The zero-order chi connectivity index (χ0) is 31.0. The van der Waals surface area contributed by atoms with E-state index in [1.165, 1.54) is 30.4 Å². The van der Waals surface area contributed by atoms with E-state index >= 15 is 0 Å². The molecule has 0 radical (unpaired) electrons. The van der Waals surface area contributed by atoms with E-state index in [0.717, 1.165) is 31.1 Å². The van der Waals surface area contributed by atoms with Gasteiger partial charge in [-0.15, -0.1) is 22.7 Å². The van der Waals surface area contributed by atoms with Gasteiger partial charge in [-0.1, -0.05) is 30.3 Å². The van der Waals surface area contributed by atoms with E-state index in [4.69, 9.17) is 9.97 Å². The summed E-state index contributed by atoms with van der Waals surface area (Å²) in [5.41, 5.74) is 4.21. The summed E-state index contributed by atoms with van der Waals surface area (Å²) >= 11 is 2.92. The van der Waals surface area contributed by atoms with Crippen molar-refractivity contribution in [1.82, 2.24) is 9.97 Å². The van der Waals surface area contributed by atoms with Crippen LogP contribution in [0.3, 0.4) is 0 Å². The molecule has 220 valence electrons. The van der Waals surface area contributed by atoms with Crippen molar-refractivity contribution in [3.63, 3.8) is 0 Å². The number of nitrogens with zero attached hydrogens (tertiary/aromatic N) is 4. The monoisotopic (exact) mass is 663 g/mol. The Balaban J connectivity index is 0.00000400. The Bertz CT molecular complexity index is 2220. The molecule has 0 fully saturated rings. The van der Waals surface area contributed by atoms with Crippen molar-refractivity contribution in [1.29, 1.82) is 0 Å². The Labute approximate surface area is 288 Å². The number of rotatable bonds is 8. The molecule has 10 nitrogen and oxygen atoms in total. The van der Waals surface area contributed by atoms with Gasteiger partial charge in [-0.05, 0) is 74.0 Å². The largest absolute Gasteiger partial charge is 1.00 e. The van der Waals surface area contributed by atoms with Gasteiger partial charge in [0.25, 0.3) is 5.91 Å². The van der Waals surface area contributed by atoms with E-state index in [2.05, 4.69) is 21.6 Å². The van der Waals surface area contributed by atoms with E-state index in [-0.39, 0.29) is 35.2 Å². The van der Waals surface area contributed by atoms with Crippen molar-refractivity contribution in [3.05, 3.63) is 90.5 Å². The van der Waals surface area contributed by atoms with E-state index in [1.54, 1.807) is 47.7 Å². The normalized spacial score (nSPS) is 12.3. The van der Waals surface area contributed by atoms with E-state index in [1.807, 2.05) is 37.3 Å². The Kier molecular flexibility index (Phi) is 9.70. The minimum Gasteiger partial charge on any atom is -0.744 e. The van der Waals surface area contributed by atoms with Crippen LogP contribution in [0.15, 0.2) is 100 Å². The summed E-state index contributed by atoms with van der Waals surface area (Å²) in [5, 5.41) is 11.6. The molecule has 45 heavy (non-hydrogen) atoms. The van der Waals surface area contributed by atoms with E-state index < -0.39 is 32.7 Å². The number of Topliss-reactive ketones (excluding diaryl/α,β-unsaturated/α-hetero) is 1. The number of carbonyl (C=O) groups is 2. The molecule has 1 N–H and O–H groups in total. The third-order valence-corrected chi connectivity index (χ3v) is 9.65. The molecule has 6 aromatic rings. The van der Waals surface area contributed by atoms with Gasteiger partial charge in [0.15, 0.2) is 5.78 Å². The number of amides is 1. The Morgan fingerprint density at radius 3 is 2.09 bits per heavy atom. The van der Waals surface area contributed by atoms with Crippen LogP contribution in [0, 0.1) is 6.92 Å². The molecule has 0 saturated heterocycles. The molecule has 1 atom stereocenters. The maximum Gasteiger partial charge on any atom is 1.00 e. The fraction of sp³-hybridized carbons (Fsp3) is 0.0968. The number of thiazole rings is 2. The summed E-state index contributed by atoms with van der Waals surface area (Å²) in [4.78, 5) is 33.7. The van der Waals surface area contributed by atoms with Crippen LogP contribution in [0.2, 0.25) is 0 Å². The van der Waals surface area contributed by atoms with Gasteiger partial charge >= 0.3 is 29.6 Å². The molecule has 14 heteroatoms. The number of aryl methyl sites for hydroxylation is 1. The molecule has 2 heterocycles. The molecular weight excluding hydrogens is 642 g/mol. The number of anilines is 1. The number of fused-ring (bicyclic) bond motifs is 2. The van der Waals surface area contributed by atoms with Crippen LogP contribution >= 0.6 is 22.7 Å². The molecular formula is C31H22N5NaO5S3. The number of hydrogen-bond donors (Lipinski definition) is 1. The van der Waals surface area contributed by atoms with Crippen LogP contribution in [0.1, 0.15) is 12.5 Å². The molecule has 1 amide bonds. The number of hydrogen-bond acceptors (Lipinski definition) is 11. The second-order valence-electron chi connectivity index (χ2n) is 9.91. The van der Waals surface area contributed by atoms with Gasteiger partial charge < -0.3 is 9.87 Å². The van der Waals surface area contributed by atoms with Gasteiger partial charge in [-0.3, -0.25) is 9.59 Å². The molecule has 2 aromatic heterocycles. The number of carbonyl (C=O) groups excluding carboxylic acids is 2. The summed E-state index contributed by atoms with van der Waals surface area (Å²) in [6, 6.07) is 22.9. The fourth-order valence-electron chi connectivity index (χ4n) is 4.45. The van der Waals surface area contributed by atoms with Crippen molar-refractivity contribution in [3.8, 4) is 21.1 Å². The van der Waals surface area contributed by atoms with Crippen LogP contribution < -0.4 is 34.9 Å². The topological polar surface area (TPSA) is 154 Å². The summed E-state index contributed by atoms with van der Waals surface area (Å²) in [6.45, 7) is 3.19. The van der Waals surface area contributed by atoms with E-state index in [0.29, 0.717) is 21.8 Å². The third-order valence-electron chi connectivity index (χ3n) is 6.61. The van der Waals surface area contributed by atoms with Crippen LogP contribution in [-0.2, 0) is 19.7 Å². The van der Waals surface area contributed by atoms with E-state index in [9.17, 15) is 22.6 Å². The molecule has 6 rings (SSSR count). The molecule has 0 aliphatic carbocycles. The quantitative estimate of drug-likeness (QED) is 0.111. The minimum absolute atomic E-state index is 0. The summed E-state index contributed by atoms with van der Waals surface area (Å²) in [6.07, 6.45) is 0. The smallest absolute Gasteiger partial charge is 0.744 e. The van der Waals surface area contributed by atoms with Crippen molar-refractivity contribution < 1.29 is 52.1 Å². The molecule has 0 aliphatic heterocycles. The predicted molar refractivity (Wildman–Crippen MR) is 170 cm³/mol. The van der Waals surface area contributed by atoms with Crippen LogP contribution in [0.4, 0.5) is 11.4 Å². The van der Waals surface area contributed by atoms with Crippen LogP contribution in [-0.4, -0.2) is 40.7 Å². The molecule has 1 unspecified atom stereocenters. The molecule has 0 spiro atoms. The Morgan fingerprint density at radius 2 is 1.44 bits per heavy atom. The van der Waals surface area contributed by atoms with Crippen molar-refractivity contribution in [2.24, 2.45) is 10.2 Å². The molecule has 0 bridgehead atoms. The summed E-state index contributed by atoms with van der Waals surface area (Å²) < 4.78 is 38.6. The van der Waals surface area contributed by atoms with Gasteiger partial charge in [0, 0.05) is 16.8 Å². The first-order valence-electron chi connectivity index (χ1n) is 13.2. The fourth-order valence-corrected chi connectivity index (χ4v) is 6.97. The maximum absolute atomic E-state index is 12.7. The summed E-state index contributed by atoms with van der Waals surface area (Å²) in [7, 11) is -5.01. The third kappa shape index (κ3) is 7.25. The van der Waals surface area contributed by atoms with Gasteiger partial charge in [-0.2, -0.15) is 10.2 Å². The van der Waals surface area contributed by atoms with Crippen molar-refractivity contribution >= 4 is 76.3 Å². The van der Waals surface area contributed by atoms with Gasteiger partial charge in [-0.25, -0.2) is 18.4 Å². The number of ketones is 1. The average Bonchev–Trinajstić information content (AvgIpc) is 3.61. The van der Waals surface area contributed by atoms with Gasteiger partial charge in [0.1, 0.15) is 25.8 Å². The number of nitrogens with one attached hydrogen (secondary N) is 1. The van der Waals surface area contributed by atoms with Gasteiger partial charge in [0.2, 0.25) is 6.04 Å². The first-order chi connectivity index (χ1) is 21.0. The summed E-state index contributed by atoms with van der Waals surface area (Å²) in [5.74, 6) is -1.36. The second kappa shape index (κ2) is 13.3. The number of para-hydroxylation sites is 1. The predicted octanol–water partition coefficient (Wildman–Crippen LogP) is 4.14. The molecule has 4 aromatic carbocycles. The average molecular weight is 664 g/mol. The Morgan fingerprint density at radius 1 is 0.844 bits per heavy atom. The zero-order valence-electron chi connectivity index (χ0n) is 24.2. The van der Waals surface area contributed by atoms with Crippen molar-refractivity contribution in [2.75, 3.05) is 5.32 Å². The number of benzene rings is 4. The van der Waals surface area contributed by atoms with Gasteiger partial charge in [0.05, 0.1) is 25.3 Å². The maximum atomic E-state index is 12.7. The van der Waals surface area contributed by atoms with Crippen LogP contribution in [0.25, 0.3) is 41.6 Å². The standard InChI is InChI=1S/C31H23N5O5S3.Na/c1-17-8-12-25-23(14-17)33-30(42-25)19-10-13-26-24(15-19)34-31(43-26)20-9-11-22(27(16-20)44(39,40)41)35-36-28(18(2)37)29(38)32-21-6-4-3-5-7-21;/h3-16,28H,1-2H3,(H,32,38)(H,39,40,41);/q;+1/p-1. The van der Waals surface area contributed by atoms with Crippen LogP contribution in [0.5, 0.6) is 0 Å². The molecule has 0 aliphatic rings. The molecule has 0 saturated carbocycles. The second-order valence-corrected chi connectivity index (χ2v) is 13.3. The first-order valence-corrected chi connectivity index (χ1v) is 16.2. The minimum atomic E-state index is -5.01. The number of azo groups is 1. The zero-order valence-corrected chi connectivity index (χ0v) is 28.7. The Hall–Kier alpha value is -3.69. The van der Waals surface area contributed by atoms with Crippen molar-refractivity contribution in [2.45, 2.75) is 24.8 Å².